The van der Waals surface area contributed by atoms with E-state index in [1.165, 1.54) is 0 Å². The molecule has 1 aliphatic rings. The maximum atomic E-state index is 11.9. The van der Waals surface area contributed by atoms with Gasteiger partial charge in [-0.05, 0) is 27.2 Å². The van der Waals surface area contributed by atoms with Gasteiger partial charge in [-0.15, -0.1) is 0 Å². The van der Waals surface area contributed by atoms with Crippen molar-refractivity contribution in [2.24, 2.45) is 0 Å². The molecule has 0 amide bonds. The van der Waals surface area contributed by atoms with Gasteiger partial charge >= 0.3 is 0 Å². The fourth-order valence-corrected chi connectivity index (χ4v) is 5.03. The number of anilines is 2. The molecule has 6 nitrogen and oxygen atoms in total. The third-order valence-electron chi connectivity index (χ3n) is 4.47. The van der Waals surface area contributed by atoms with Crippen molar-refractivity contribution in [2.75, 3.05) is 28.3 Å². The van der Waals surface area contributed by atoms with Crippen molar-refractivity contribution >= 4 is 21.5 Å². The van der Waals surface area contributed by atoms with Crippen LogP contribution < -0.4 is 10.2 Å². The van der Waals surface area contributed by atoms with E-state index in [-0.39, 0.29) is 23.6 Å². The van der Waals surface area contributed by atoms with Gasteiger partial charge in [0.2, 0.25) is 0 Å². The van der Waals surface area contributed by atoms with Crippen molar-refractivity contribution in [1.29, 1.82) is 0 Å². The molecular weight excluding hydrogens is 348 g/mol. The van der Waals surface area contributed by atoms with E-state index < -0.39 is 9.84 Å². The minimum atomic E-state index is -2.95. The summed E-state index contributed by atoms with van der Waals surface area (Å²) in [5, 5.41) is 3.35. The molecule has 0 spiro atoms. The van der Waals surface area contributed by atoms with Crippen LogP contribution in [-0.2, 0) is 9.84 Å². The lowest BCUT2D eigenvalue weighted by molar-refractivity contribution is 0.599. The Kier molecular flexibility index (Phi) is 5.46. The first-order valence-electron chi connectivity index (χ1n) is 9.06. The van der Waals surface area contributed by atoms with Crippen LogP contribution in [-0.4, -0.2) is 48.5 Å². The van der Waals surface area contributed by atoms with Gasteiger partial charge in [0.15, 0.2) is 15.7 Å². The minimum Gasteiger partial charge on any atom is -0.368 e. The van der Waals surface area contributed by atoms with Crippen LogP contribution in [0.25, 0.3) is 11.4 Å². The predicted octanol–water partition coefficient (Wildman–Crippen LogP) is 2.98. The van der Waals surface area contributed by atoms with Gasteiger partial charge < -0.3 is 10.2 Å². The van der Waals surface area contributed by atoms with E-state index in [2.05, 4.69) is 29.0 Å². The van der Waals surface area contributed by atoms with Crippen molar-refractivity contribution in [3.05, 3.63) is 36.4 Å². The highest BCUT2D eigenvalue weighted by atomic mass is 32.2. The predicted molar refractivity (Wildman–Crippen MR) is 106 cm³/mol. The Morgan fingerprint density at radius 3 is 2.54 bits per heavy atom. The number of hydrogen-bond acceptors (Lipinski definition) is 6. The molecule has 140 valence electrons. The fraction of sp³-hybridized carbons (Fsp3) is 0.474. The van der Waals surface area contributed by atoms with E-state index >= 15 is 0 Å². The van der Waals surface area contributed by atoms with Crippen molar-refractivity contribution < 1.29 is 8.42 Å². The molecule has 2 aromatic rings. The van der Waals surface area contributed by atoms with Crippen LogP contribution in [0.15, 0.2) is 36.4 Å². The third kappa shape index (κ3) is 4.33. The van der Waals surface area contributed by atoms with Crippen molar-refractivity contribution in [3.8, 4) is 11.4 Å². The maximum absolute atomic E-state index is 11.9. The van der Waals surface area contributed by atoms with Gasteiger partial charge in [-0.1, -0.05) is 30.3 Å². The molecule has 7 heteroatoms. The van der Waals surface area contributed by atoms with Crippen molar-refractivity contribution in [3.63, 3.8) is 0 Å². The average molecular weight is 375 g/mol. The molecule has 0 saturated carbocycles. The fourth-order valence-electron chi connectivity index (χ4n) is 3.30. The zero-order valence-electron chi connectivity index (χ0n) is 15.5. The largest absolute Gasteiger partial charge is 0.368 e. The van der Waals surface area contributed by atoms with Crippen LogP contribution in [0, 0.1) is 0 Å². The molecule has 1 unspecified atom stereocenters. The molecule has 0 aliphatic carbocycles. The Labute approximate surface area is 155 Å². The average Bonchev–Trinajstić information content (AvgIpc) is 2.95. The van der Waals surface area contributed by atoms with Crippen LogP contribution >= 0.6 is 0 Å². The second kappa shape index (κ2) is 7.61. The molecule has 1 aromatic carbocycles. The van der Waals surface area contributed by atoms with E-state index in [0.717, 1.165) is 17.2 Å². The summed E-state index contributed by atoms with van der Waals surface area (Å²) in [5.41, 5.74) is 0.941. The molecule has 26 heavy (non-hydrogen) atoms. The van der Waals surface area contributed by atoms with E-state index in [0.29, 0.717) is 18.8 Å². The number of hydrogen-bond donors (Lipinski definition) is 1. The third-order valence-corrected chi connectivity index (χ3v) is 6.22. The van der Waals surface area contributed by atoms with E-state index in [4.69, 9.17) is 4.98 Å². The van der Waals surface area contributed by atoms with Gasteiger partial charge in [0.05, 0.1) is 11.5 Å². The Hall–Kier alpha value is -2.15. The highest BCUT2D eigenvalue weighted by Gasteiger charge is 2.32. The molecule has 1 saturated heterocycles. The van der Waals surface area contributed by atoms with Crippen LogP contribution in [0.4, 0.5) is 11.6 Å². The quantitative estimate of drug-likeness (QED) is 0.838. The first-order chi connectivity index (χ1) is 12.4. The van der Waals surface area contributed by atoms with Gasteiger partial charge in [-0.3, -0.25) is 0 Å². The molecule has 2 heterocycles. The van der Waals surface area contributed by atoms with E-state index in [9.17, 15) is 8.42 Å². The van der Waals surface area contributed by atoms with Gasteiger partial charge in [0.1, 0.15) is 11.6 Å². The van der Waals surface area contributed by atoms with Crippen LogP contribution in [0.1, 0.15) is 27.2 Å². The molecule has 0 radical (unpaired) electrons. The van der Waals surface area contributed by atoms with Crippen molar-refractivity contribution in [2.45, 2.75) is 39.3 Å². The lowest BCUT2D eigenvalue weighted by Gasteiger charge is -2.28. The molecule has 1 aromatic heterocycles. The molecule has 0 bridgehead atoms. The number of aromatic nitrogens is 2. The van der Waals surface area contributed by atoms with Crippen LogP contribution in [0.5, 0.6) is 0 Å². The van der Waals surface area contributed by atoms with Crippen molar-refractivity contribution in [1.82, 2.24) is 9.97 Å². The second-order valence-electron chi connectivity index (χ2n) is 6.94. The standard InChI is InChI=1S/C19H26N4O2S/c1-4-23(16-10-11-26(24,25)13-16)18-12-17(20-14(2)3)21-19(22-18)15-8-6-5-7-9-15/h5-9,12,14,16H,4,10-11,13H2,1-3H3,(H,20,21,22). The number of sulfone groups is 1. The number of rotatable bonds is 6. The molecule has 1 atom stereocenters. The number of nitrogens with zero attached hydrogens (tertiary/aromatic N) is 3. The summed E-state index contributed by atoms with van der Waals surface area (Å²) in [4.78, 5) is 11.5. The molecule has 1 N–H and O–H groups in total. The minimum absolute atomic E-state index is 0.0320. The topological polar surface area (TPSA) is 75.2 Å². The Bertz CT molecular complexity index is 853. The Morgan fingerprint density at radius 1 is 1.23 bits per heavy atom. The van der Waals surface area contributed by atoms with Gasteiger partial charge in [0.25, 0.3) is 0 Å². The monoisotopic (exact) mass is 374 g/mol. The molecule has 3 rings (SSSR count). The lowest BCUT2D eigenvalue weighted by atomic mass is 10.2. The zero-order chi connectivity index (χ0) is 18.7. The molecular formula is C19H26N4O2S. The highest BCUT2D eigenvalue weighted by Crippen LogP contribution is 2.27. The van der Waals surface area contributed by atoms with Gasteiger partial charge in [0, 0.05) is 30.3 Å². The summed E-state index contributed by atoms with van der Waals surface area (Å²) >= 11 is 0. The summed E-state index contributed by atoms with van der Waals surface area (Å²) in [5.74, 6) is 2.61. The van der Waals surface area contributed by atoms with Gasteiger partial charge in [-0.2, -0.15) is 0 Å². The number of nitrogens with one attached hydrogen (secondary N) is 1. The highest BCUT2D eigenvalue weighted by molar-refractivity contribution is 7.91. The van der Waals surface area contributed by atoms with E-state index in [1.54, 1.807) is 0 Å². The maximum Gasteiger partial charge on any atom is 0.163 e. The Balaban J connectivity index is 2.01. The van der Waals surface area contributed by atoms with Crippen LogP contribution in [0.2, 0.25) is 0 Å². The summed E-state index contributed by atoms with van der Waals surface area (Å²) in [6.45, 7) is 6.85. The summed E-state index contributed by atoms with van der Waals surface area (Å²) < 4.78 is 23.8. The Morgan fingerprint density at radius 2 is 1.96 bits per heavy atom. The summed E-state index contributed by atoms with van der Waals surface area (Å²) in [6, 6.07) is 12.0. The zero-order valence-corrected chi connectivity index (χ0v) is 16.3. The normalized spacial score (nSPS) is 18.8. The SMILES string of the molecule is CCN(c1cc(NC(C)C)nc(-c2ccccc2)n1)C1CCS(=O)(=O)C1. The summed E-state index contributed by atoms with van der Waals surface area (Å²) in [7, 11) is -2.95. The van der Waals surface area contributed by atoms with Crippen LogP contribution in [0.3, 0.4) is 0 Å². The van der Waals surface area contributed by atoms with Gasteiger partial charge in [-0.25, -0.2) is 18.4 Å². The molecule has 1 fully saturated rings. The first kappa shape index (κ1) is 18.6. The lowest BCUT2D eigenvalue weighted by Crippen LogP contribution is -2.37. The smallest absolute Gasteiger partial charge is 0.163 e. The second-order valence-corrected chi connectivity index (χ2v) is 9.17. The first-order valence-corrected chi connectivity index (χ1v) is 10.9. The summed E-state index contributed by atoms with van der Waals surface area (Å²) in [6.07, 6.45) is 0.647. The molecule has 1 aliphatic heterocycles. The van der Waals surface area contributed by atoms with E-state index in [1.807, 2.05) is 43.3 Å². The number of benzene rings is 1.